The van der Waals surface area contributed by atoms with Crippen molar-refractivity contribution in [3.05, 3.63) is 53.8 Å². The number of piperidine rings is 1. The maximum atomic E-state index is 14.2. The van der Waals surface area contributed by atoms with Gasteiger partial charge in [0.1, 0.15) is 18.2 Å². The van der Waals surface area contributed by atoms with Crippen molar-refractivity contribution in [2.75, 3.05) is 36.5 Å². The summed E-state index contributed by atoms with van der Waals surface area (Å²) in [6, 6.07) is 12.7. The summed E-state index contributed by atoms with van der Waals surface area (Å²) in [4.78, 5) is 18.4. The average molecular weight is 442 g/mol. The Morgan fingerprint density at radius 2 is 1.84 bits per heavy atom. The second-order valence-electron chi connectivity index (χ2n) is 8.84. The summed E-state index contributed by atoms with van der Waals surface area (Å²) in [6.07, 6.45) is 3.21. The highest BCUT2D eigenvalue weighted by Crippen LogP contribution is 2.27. The number of halogens is 1. The monoisotopic (exact) mass is 441 g/mol. The lowest BCUT2D eigenvalue weighted by Gasteiger charge is -2.31. The minimum atomic E-state index is -0.338. The lowest BCUT2D eigenvalue weighted by atomic mass is 10.1. The molecule has 2 heterocycles. The van der Waals surface area contributed by atoms with Gasteiger partial charge in [0.2, 0.25) is 0 Å². The first-order chi connectivity index (χ1) is 15.4. The largest absolute Gasteiger partial charge is 0.489 e. The molecule has 2 amide bonds. The zero-order chi connectivity index (χ0) is 22.7. The van der Waals surface area contributed by atoms with Crippen molar-refractivity contribution in [3.63, 3.8) is 0 Å². The Labute approximate surface area is 189 Å². The van der Waals surface area contributed by atoms with Crippen LogP contribution in [0, 0.1) is 5.82 Å². The third kappa shape index (κ3) is 5.15. The molecule has 2 aliphatic heterocycles. The lowest BCUT2D eigenvalue weighted by Crippen LogP contribution is -2.42. The van der Waals surface area contributed by atoms with Crippen LogP contribution in [0.3, 0.4) is 0 Å². The molecule has 1 unspecified atom stereocenters. The fraction of sp³-hybridized carbons (Fsp3) is 0.480. The van der Waals surface area contributed by atoms with Gasteiger partial charge < -0.3 is 19.6 Å². The fourth-order valence-corrected chi connectivity index (χ4v) is 4.44. The molecule has 2 aliphatic rings. The first-order valence-corrected chi connectivity index (χ1v) is 11.4. The van der Waals surface area contributed by atoms with Gasteiger partial charge in [0, 0.05) is 56.2 Å². The first kappa shape index (κ1) is 22.4. The summed E-state index contributed by atoms with van der Waals surface area (Å²) < 4.78 is 20.0. The van der Waals surface area contributed by atoms with Crippen molar-refractivity contribution in [2.24, 2.45) is 0 Å². The fourth-order valence-electron chi connectivity index (χ4n) is 4.44. The van der Waals surface area contributed by atoms with Gasteiger partial charge in [0.05, 0.1) is 6.10 Å². The highest BCUT2D eigenvalue weighted by molar-refractivity contribution is 5.91. The number of benzene rings is 2. The van der Waals surface area contributed by atoms with Crippen LogP contribution < -0.4 is 14.5 Å². The van der Waals surface area contributed by atoms with Gasteiger partial charge in [-0.05, 0) is 56.4 Å². The smallest absolute Gasteiger partial charge is 0.324 e. The summed E-state index contributed by atoms with van der Waals surface area (Å²) in [7, 11) is 1.80. The SMILES string of the molecule is CC1CCCN1C(=O)N(C)c1ccc(COc2cc(F)cc(N3CCC(O)CC3)c2)cc1. The van der Waals surface area contributed by atoms with Crippen LogP contribution in [0.15, 0.2) is 42.5 Å². The molecule has 1 N–H and O–H groups in total. The Hall–Kier alpha value is -2.80. The molecule has 0 aliphatic carbocycles. The molecule has 2 saturated heterocycles. The molecule has 6 nitrogen and oxygen atoms in total. The summed E-state index contributed by atoms with van der Waals surface area (Å²) in [5.41, 5.74) is 2.55. The third-order valence-corrected chi connectivity index (χ3v) is 6.50. The summed E-state index contributed by atoms with van der Waals surface area (Å²) in [5, 5.41) is 9.69. The van der Waals surface area contributed by atoms with E-state index in [1.54, 1.807) is 11.9 Å². The van der Waals surface area contributed by atoms with Crippen molar-refractivity contribution in [1.82, 2.24) is 4.90 Å². The van der Waals surface area contributed by atoms with Crippen molar-refractivity contribution in [1.29, 1.82) is 0 Å². The van der Waals surface area contributed by atoms with E-state index in [1.807, 2.05) is 35.2 Å². The van der Waals surface area contributed by atoms with Gasteiger partial charge >= 0.3 is 6.03 Å². The second-order valence-corrected chi connectivity index (χ2v) is 8.84. The van der Waals surface area contributed by atoms with E-state index >= 15 is 0 Å². The van der Waals surface area contributed by atoms with E-state index in [2.05, 4.69) is 11.8 Å². The van der Waals surface area contributed by atoms with E-state index in [0.717, 1.165) is 36.3 Å². The van der Waals surface area contributed by atoms with Gasteiger partial charge in [0.25, 0.3) is 0 Å². The van der Waals surface area contributed by atoms with Crippen LogP contribution in [0.5, 0.6) is 5.75 Å². The number of hydrogen-bond donors (Lipinski definition) is 1. The maximum absolute atomic E-state index is 14.2. The van der Waals surface area contributed by atoms with Crippen LogP contribution in [-0.4, -0.2) is 54.9 Å². The standard InChI is InChI=1S/C25H32FN3O3/c1-18-4-3-11-29(18)25(31)27(2)21-7-5-19(6-8-21)17-32-24-15-20(26)14-22(16-24)28-12-9-23(30)10-13-28/h5-8,14-16,18,23,30H,3-4,9-13,17H2,1-2H3. The molecular formula is C25H32FN3O3. The highest BCUT2D eigenvalue weighted by Gasteiger charge is 2.28. The molecule has 0 bridgehead atoms. The van der Waals surface area contributed by atoms with Crippen LogP contribution in [0.1, 0.15) is 38.2 Å². The van der Waals surface area contributed by atoms with Gasteiger partial charge in [-0.15, -0.1) is 0 Å². The lowest BCUT2D eigenvalue weighted by molar-refractivity contribution is 0.145. The molecule has 4 rings (SSSR count). The van der Waals surface area contributed by atoms with E-state index in [9.17, 15) is 14.3 Å². The van der Waals surface area contributed by atoms with Crippen LogP contribution >= 0.6 is 0 Å². The Kier molecular flexibility index (Phi) is 6.84. The van der Waals surface area contributed by atoms with Crippen LogP contribution in [-0.2, 0) is 6.61 Å². The number of urea groups is 1. The number of aliphatic hydroxyl groups is 1. The zero-order valence-electron chi connectivity index (χ0n) is 18.8. The quantitative estimate of drug-likeness (QED) is 0.747. The number of ether oxygens (including phenoxy) is 1. The molecule has 0 radical (unpaired) electrons. The van der Waals surface area contributed by atoms with E-state index in [4.69, 9.17) is 4.74 Å². The Bertz CT molecular complexity index is 929. The second kappa shape index (κ2) is 9.77. The Balaban J connectivity index is 1.36. The molecular weight excluding hydrogens is 409 g/mol. The normalized spacial score (nSPS) is 19.3. The van der Waals surface area contributed by atoms with Gasteiger partial charge in [-0.25, -0.2) is 9.18 Å². The van der Waals surface area contributed by atoms with Crippen molar-refractivity contribution in [2.45, 2.75) is 51.4 Å². The first-order valence-electron chi connectivity index (χ1n) is 11.4. The van der Waals surface area contributed by atoms with E-state index in [-0.39, 0.29) is 24.0 Å². The number of nitrogens with zero attached hydrogens (tertiary/aromatic N) is 3. The van der Waals surface area contributed by atoms with Gasteiger partial charge in [-0.2, -0.15) is 0 Å². The third-order valence-electron chi connectivity index (χ3n) is 6.50. The van der Waals surface area contributed by atoms with Crippen LogP contribution in [0.4, 0.5) is 20.6 Å². The van der Waals surface area contributed by atoms with Crippen molar-refractivity contribution in [3.8, 4) is 5.75 Å². The van der Waals surface area contributed by atoms with E-state index in [0.29, 0.717) is 38.3 Å². The highest BCUT2D eigenvalue weighted by atomic mass is 19.1. The van der Waals surface area contributed by atoms with Crippen LogP contribution in [0.25, 0.3) is 0 Å². The molecule has 32 heavy (non-hydrogen) atoms. The van der Waals surface area contributed by atoms with Gasteiger partial charge in [-0.3, -0.25) is 4.90 Å². The van der Waals surface area contributed by atoms with Crippen molar-refractivity contribution >= 4 is 17.4 Å². The number of rotatable bonds is 5. The van der Waals surface area contributed by atoms with Gasteiger partial charge in [0.15, 0.2) is 0 Å². The van der Waals surface area contributed by atoms with Crippen molar-refractivity contribution < 1.29 is 19.0 Å². The van der Waals surface area contributed by atoms with E-state index in [1.165, 1.54) is 12.1 Å². The predicted molar refractivity (Wildman–Crippen MR) is 124 cm³/mol. The number of aliphatic hydroxyl groups excluding tert-OH is 1. The number of carbonyl (C=O) groups is 1. The molecule has 2 aromatic rings. The zero-order valence-corrected chi connectivity index (χ0v) is 18.8. The van der Waals surface area contributed by atoms with Gasteiger partial charge in [-0.1, -0.05) is 12.1 Å². The topological polar surface area (TPSA) is 56.2 Å². The number of anilines is 2. The summed E-state index contributed by atoms with van der Waals surface area (Å²) in [5.74, 6) is 0.140. The molecule has 0 saturated carbocycles. The molecule has 2 aromatic carbocycles. The molecule has 2 fully saturated rings. The number of hydrogen-bond acceptors (Lipinski definition) is 4. The maximum Gasteiger partial charge on any atom is 0.324 e. The van der Waals surface area contributed by atoms with E-state index < -0.39 is 0 Å². The molecule has 172 valence electrons. The minimum Gasteiger partial charge on any atom is -0.489 e. The summed E-state index contributed by atoms with van der Waals surface area (Å²) in [6.45, 7) is 4.61. The Morgan fingerprint density at radius 1 is 1.12 bits per heavy atom. The number of amides is 2. The minimum absolute atomic E-state index is 0.0246. The Morgan fingerprint density at radius 3 is 2.50 bits per heavy atom. The molecule has 7 heteroatoms. The summed E-state index contributed by atoms with van der Waals surface area (Å²) >= 11 is 0. The average Bonchev–Trinajstić information content (AvgIpc) is 3.23. The molecule has 0 spiro atoms. The number of carbonyl (C=O) groups excluding carboxylic acids is 1. The number of likely N-dealkylation sites (tertiary alicyclic amines) is 1. The van der Waals surface area contributed by atoms with Crippen LogP contribution in [0.2, 0.25) is 0 Å². The molecule has 0 aromatic heterocycles. The molecule has 1 atom stereocenters. The predicted octanol–water partition coefficient (Wildman–Crippen LogP) is 4.41.